The molecule has 0 aliphatic carbocycles. The summed E-state index contributed by atoms with van der Waals surface area (Å²) in [5.41, 5.74) is 2.24. The average Bonchev–Trinajstić information content (AvgIpc) is 2.73. The van der Waals surface area contributed by atoms with Gasteiger partial charge >= 0.3 is 0 Å². The highest BCUT2D eigenvalue weighted by Gasteiger charge is 2.34. The number of sulfonamides is 1. The van der Waals surface area contributed by atoms with Crippen molar-refractivity contribution >= 4 is 27.5 Å². The summed E-state index contributed by atoms with van der Waals surface area (Å²) < 4.78 is 27.3. The van der Waals surface area contributed by atoms with Crippen LogP contribution in [0.1, 0.15) is 43.4 Å². The van der Waals surface area contributed by atoms with Gasteiger partial charge in [0.15, 0.2) is 0 Å². The van der Waals surface area contributed by atoms with E-state index in [-0.39, 0.29) is 29.3 Å². The first-order valence-electron chi connectivity index (χ1n) is 9.94. The summed E-state index contributed by atoms with van der Waals surface area (Å²) in [5.74, 6) is -0.444. The number of piperidine rings is 1. The molecule has 29 heavy (non-hydrogen) atoms. The minimum Gasteiger partial charge on any atom is -0.349 e. The van der Waals surface area contributed by atoms with Crippen LogP contribution < -0.4 is 5.32 Å². The number of aryl methyl sites for hydroxylation is 1. The lowest BCUT2D eigenvalue weighted by atomic mass is 9.95. The summed E-state index contributed by atoms with van der Waals surface area (Å²) in [4.78, 5) is 13.2. The summed E-state index contributed by atoms with van der Waals surface area (Å²) in [6.45, 7) is 4.69. The first-order valence-corrected chi connectivity index (χ1v) is 11.8. The first-order chi connectivity index (χ1) is 13.8. The lowest BCUT2D eigenvalue weighted by Crippen LogP contribution is -2.46. The number of carbonyl (C=O) groups is 1. The molecule has 1 aliphatic heterocycles. The van der Waals surface area contributed by atoms with Gasteiger partial charge in [-0.25, -0.2) is 8.42 Å². The van der Waals surface area contributed by atoms with E-state index in [9.17, 15) is 13.2 Å². The normalized spacial score (nSPS) is 18.9. The molecule has 1 aliphatic rings. The van der Waals surface area contributed by atoms with Gasteiger partial charge in [0.05, 0.1) is 16.9 Å². The van der Waals surface area contributed by atoms with Gasteiger partial charge in [-0.1, -0.05) is 42.8 Å². The Labute approximate surface area is 178 Å². The minimum atomic E-state index is -3.64. The van der Waals surface area contributed by atoms with Gasteiger partial charge in [0.2, 0.25) is 15.9 Å². The van der Waals surface area contributed by atoms with E-state index in [1.165, 1.54) is 16.4 Å². The number of amides is 1. The van der Waals surface area contributed by atoms with Crippen molar-refractivity contribution in [1.82, 2.24) is 9.62 Å². The summed E-state index contributed by atoms with van der Waals surface area (Å²) in [6, 6.07) is 14.1. The van der Waals surface area contributed by atoms with E-state index in [1.807, 2.05) is 38.1 Å². The Balaban J connectivity index is 1.72. The predicted octanol–water partition coefficient (Wildman–Crippen LogP) is 4.32. The van der Waals surface area contributed by atoms with E-state index in [4.69, 9.17) is 11.6 Å². The van der Waals surface area contributed by atoms with Crippen LogP contribution in [0.2, 0.25) is 5.02 Å². The molecule has 2 atom stereocenters. The van der Waals surface area contributed by atoms with Crippen molar-refractivity contribution in [2.24, 2.45) is 5.92 Å². The van der Waals surface area contributed by atoms with Gasteiger partial charge in [-0.15, -0.1) is 0 Å². The van der Waals surface area contributed by atoms with Crippen LogP contribution in [0, 0.1) is 12.8 Å². The summed E-state index contributed by atoms with van der Waals surface area (Å²) in [7, 11) is -3.64. The third kappa shape index (κ3) is 5.00. The van der Waals surface area contributed by atoms with Crippen LogP contribution in [-0.2, 0) is 14.8 Å². The lowest BCUT2D eigenvalue weighted by molar-refractivity contribution is -0.126. The molecule has 0 aromatic heterocycles. The molecule has 0 bridgehead atoms. The van der Waals surface area contributed by atoms with Crippen LogP contribution in [0.4, 0.5) is 0 Å². The smallest absolute Gasteiger partial charge is 0.243 e. The Morgan fingerprint density at radius 1 is 1.21 bits per heavy atom. The van der Waals surface area contributed by atoms with Gasteiger partial charge in [0.25, 0.3) is 0 Å². The van der Waals surface area contributed by atoms with E-state index in [0.717, 1.165) is 17.5 Å². The number of nitrogens with zero attached hydrogens (tertiary/aromatic N) is 1. The van der Waals surface area contributed by atoms with Crippen molar-refractivity contribution in [2.45, 2.75) is 44.0 Å². The molecule has 0 radical (unpaired) electrons. The number of rotatable bonds is 6. The maximum atomic E-state index is 13.0. The van der Waals surface area contributed by atoms with Crippen LogP contribution in [0.5, 0.6) is 0 Å². The van der Waals surface area contributed by atoms with Gasteiger partial charge in [0.1, 0.15) is 0 Å². The summed E-state index contributed by atoms with van der Waals surface area (Å²) in [5, 5.41) is 3.62. The number of nitrogens with one attached hydrogen (secondary N) is 1. The van der Waals surface area contributed by atoms with Crippen molar-refractivity contribution in [1.29, 1.82) is 0 Å². The molecule has 1 N–H and O–H groups in total. The maximum absolute atomic E-state index is 13.0. The van der Waals surface area contributed by atoms with Gasteiger partial charge in [-0.3, -0.25) is 4.79 Å². The van der Waals surface area contributed by atoms with Crippen molar-refractivity contribution in [3.8, 4) is 0 Å². The van der Waals surface area contributed by atoms with Crippen LogP contribution >= 0.6 is 11.6 Å². The molecular weight excluding hydrogens is 408 g/mol. The Hall–Kier alpha value is -1.89. The molecule has 1 saturated heterocycles. The van der Waals surface area contributed by atoms with Crippen molar-refractivity contribution < 1.29 is 13.2 Å². The van der Waals surface area contributed by atoms with Gasteiger partial charge < -0.3 is 5.32 Å². The topological polar surface area (TPSA) is 66.5 Å². The van der Waals surface area contributed by atoms with Crippen molar-refractivity contribution in [2.75, 3.05) is 13.1 Å². The molecule has 1 heterocycles. The second kappa shape index (κ2) is 9.28. The molecule has 0 spiro atoms. The molecular formula is C22H27ClN2O3S. The van der Waals surface area contributed by atoms with Crippen LogP contribution in [0.3, 0.4) is 0 Å². The minimum absolute atomic E-state index is 0.0769. The van der Waals surface area contributed by atoms with Crippen molar-refractivity contribution in [3.05, 3.63) is 64.7 Å². The fourth-order valence-electron chi connectivity index (χ4n) is 3.80. The highest BCUT2D eigenvalue weighted by atomic mass is 35.5. The Morgan fingerprint density at radius 3 is 2.55 bits per heavy atom. The highest BCUT2D eigenvalue weighted by molar-refractivity contribution is 7.89. The van der Waals surface area contributed by atoms with E-state index in [2.05, 4.69) is 5.32 Å². The molecule has 0 unspecified atom stereocenters. The van der Waals surface area contributed by atoms with E-state index in [0.29, 0.717) is 24.4 Å². The van der Waals surface area contributed by atoms with Gasteiger partial charge in [0, 0.05) is 18.1 Å². The Bertz CT molecular complexity index is 960. The molecule has 7 heteroatoms. The van der Waals surface area contributed by atoms with Crippen LogP contribution in [0.25, 0.3) is 0 Å². The fraction of sp³-hybridized carbons (Fsp3) is 0.409. The number of carbonyl (C=O) groups excluding carboxylic acids is 1. The van der Waals surface area contributed by atoms with Crippen LogP contribution in [-0.4, -0.2) is 31.7 Å². The molecule has 1 amide bonds. The largest absolute Gasteiger partial charge is 0.349 e. The summed E-state index contributed by atoms with van der Waals surface area (Å²) in [6.07, 6.45) is 2.12. The zero-order valence-electron chi connectivity index (χ0n) is 16.8. The highest BCUT2D eigenvalue weighted by Crippen LogP contribution is 2.26. The maximum Gasteiger partial charge on any atom is 0.243 e. The number of hydrogen-bond acceptors (Lipinski definition) is 3. The first kappa shape index (κ1) is 21.8. The zero-order chi connectivity index (χ0) is 21.0. The second-order valence-electron chi connectivity index (χ2n) is 7.48. The number of benzene rings is 2. The van der Waals surface area contributed by atoms with Gasteiger partial charge in [-0.05, 0) is 61.6 Å². The third-order valence-electron chi connectivity index (χ3n) is 5.49. The molecule has 156 valence electrons. The van der Waals surface area contributed by atoms with Gasteiger partial charge in [-0.2, -0.15) is 4.31 Å². The van der Waals surface area contributed by atoms with E-state index >= 15 is 0 Å². The molecule has 2 aromatic rings. The fourth-order valence-corrected chi connectivity index (χ4v) is 5.45. The van der Waals surface area contributed by atoms with Crippen LogP contribution in [0.15, 0.2) is 53.4 Å². The lowest BCUT2D eigenvalue weighted by Gasteiger charge is -2.32. The van der Waals surface area contributed by atoms with Crippen molar-refractivity contribution in [3.63, 3.8) is 0 Å². The number of hydrogen-bond donors (Lipinski definition) is 1. The standard InChI is InChI=1S/C22H27ClN2O3S/c1-3-21(20-9-5-4-7-16(20)2)24-22(26)17-8-6-14-25(15-17)29(27,28)19-12-10-18(23)11-13-19/h4-5,7,9-13,17,21H,3,6,8,14-15H2,1-2H3,(H,24,26)/t17-,21-/m0/s1. The monoisotopic (exact) mass is 434 g/mol. The molecule has 3 rings (SSSR count). The molecule has 0 saturated carbocycles. The zero-order valence-corrected chi connectivity index (χ0v) is 18.3. The Morgan fingerprint density at radius 2 is 1.90 bits per heavy atom. The predicted molar refractivity (Wildman–Crippen MR) is 115 cm³/mol. The quantitative estimate of drug-likeness (QED) is 0.736. The molecule has 1 fully saturated rings. The molecule has 2 aromatic carbocycles. The summed E-state index contributed by atoms with van der Waals surface area (Å²) >= 11 is 5.87. The van der Waals surface area contributed by atoms with E-state index in [1.54, 1.807) is 12.1 Å². The van der Waals surface area contributed by atoms with E-state index < -0.39 is 10.0 Å². The SMILES string of the molecule is CC[C@H](NC(=O)[C@H]1CCCN(S(=O)(=O)c2ccc(Cl)cc2)C1)c1ccccc1C. The Kier molecular flexibility index (Phi) is 6.98. The third-order valence-corrected chi connectivity index (χ3v) is 7.63. The average molecular weight is 435 g/mol. The number of halogens is 1. The molecule has 5 nitrogen and oxygen atoms in total. The second-order valence-corrected chi connectivity index (χ2v) is 9.86.